The molecule has 3 heterocycles. The Morgan fingerprint density at radius 2 is 2.08 bits per heavy atom. The van der Waals surface area contributed by atoms with Crippen LogP contribution in [0.15, 0.2) is 59.4 Å². The zero-order chi connectivity index (χ0) is 16.9. The normalized spacial score (nSPS) is 17.8. The number of benzene rings is 1. The van der Waals surface area contributed by atoms with Gasteiger partial charge in [-0.3, -0.25) is 9.88 Å². The fraction of sp³-hybridized carbons (Fsp3) is 0.316. The minimum Gasteiger partial charge on any atom is -0.338 e. The van der Waals surface area contributed by atoms with Crippen LogP contribution in [0.1, 0.15) is 17.9 Å². The molecule has 1 saturated heterocycles. The van der Waals surface area contributed by atoms with Crippen LogP contribution in [0.2, 0.25) is 0 Å². The molecular weight excluding hydrogens is 314 g/mol. The number of pyridine rings is 1. The van der Waals surface area contributed by atoms with E-state index in [2.05, 4.69) is 55.7 Å². The molecule has 0 spiro atoms. The van der Waals surface area contributed by atoms with E-state index in [4.69, 9.17) is 4.52 Å². The highest BCUT2D eigenvalue weighted by Crippen LogP contribution is 2.16. The largest absolute Gasteiger partial charge is 0.338 e. The second kappa shape index (κ2) is 7.55. The summed E-state index contributed by atoms with van der Waals surface area (Å²) < 4.78 is 5.34. The fourth-order valence-electron chi connectivity index (χ4n) is 3.16. The van der Waals surface area contributed by atoms with E-state index < -0.39 is 0 Å². The Morgan fingerprint density at radius 1 is 1.16 bits per heavy atom. The van der Waals surface area contributed by atoms with Crippen LogP contribution in [-0.2, 0) is 13.1 Å². The maximum Gasteiger partial charge on any atom is 0.240 e. The molecule has 1 atom stereocenters. The average molecular weight is 335 g/mol. The zero-order valence-corrected chi connectivity index (χ0v) is 14.0. The number of likely N-dealkylation sites (tertiary alicyclic amines) is 1. The summed E-state index contributed by atoms with van der Waals surface area (Å²) in [7, 11) is 0. The Bertz CT molecular complexity index is 790. The van der Waals surface area contributed by atoms with E-state index in [1.54, 1.807) is 12.4 Å². The van der Waals surface area contributed by atoms with E-state index in [9.17, 15) is 0 Å². The number of aromatic nitrogens is 3. The van der Waals surface area contributed by atoms with Crippen molar-refractivity contribution in [2.75, 3.05) is 13.1 Å². The molecule has 2 aromatic heterocycles. The number of nitrogens with one attached hydrogen (secondary N) is 1. The van der Waals surface area contributed by atoms with E-state index >= 15 is 0 Å². The van der Waals surface area contributed by atoms with E-state index in [1.807, 2.05) is 12.1 Å². The second-order valence-corrected chi connectivity index (χ2v) is 6.34. The molecule has 1 fully saturated rings. The second-order valence-electron chi connectivity index (χ2n) is 6.34. The first kappa shape index (κ1) is 15.9. The molecule has 1 aliphatic heterocycles. The lowest BCUT2D eigenvalue weighted by Gasteiger charge is -2.16. The average Bonchev–Trinajstić information content (AvgIpc) is 3.31. The summed E-state index contributed by atoms with van der Waals surface area (Å²) in [5.41, 5.74) is 2.23. The van der Waals surface area contributed by atoms with Crippen molar-refractivity contribution in [2.24, 2.45) is 0 Å². The molecule has 6 heteroatoms. The van der Waals surface area contributed by atoms with Crippen molar-refractivity contribution in [2.45, 2.75) is 25.6 Å². The number of hydrogen-bond acceptors (Lipinski definition) is 6. The molecule has 25 heavy (non-hydrogen) atoms. The molecule has 0 bridgehead atoms. The highest BCUT2D eigenvalue weighted by atomic mass is 16.5. The van der Waals surface area contributed by atoms with Gasteiger partial charge in [0.1, 0.15) is 0 Å². The van der Waals surface area contributed by atoms with Crippen molar-refractivity contribution in [3.63, 3.8) is 0 Å². The van der Waals surface area contributed by atoms with Crippen molar-refractivity contribution in [3.8, 4) is 11.4 Å². The molecule has 4 rings (SSSR count). The lowest BCUT2D eigenvalue weighted by molar-refractivity contribution is 0.314. The smallest absolute Gasteiger partial charge is 0.240 e. The zero-order valence-electron chi connectivity index (χ0n) is 14.0. The summed E-state index contributed by atoms with van der Waals surface area (Å²) in [5, 5.41) is 7.55. The molecule has 1 aliphatic rings. The number of nitrogens with zero attached hydrogens (tertiary/aromatic N) is 4. The van der Waals surface area contributed by atoms with Gasteiger partial charge in [-0.25, -0.2) is 0 Å². The fourth-order valence-corrected chi connectivity index (χ4v) is 3.16. The first-order valence-corrected chi connectivity index (χ1v) is 8.59. The van der Waals surface area contributed by atoms with Crippen LogP contribution in [0.4, 0.5) is 0 Å². The summed E-state index contributed by atoms with van der Waals surface area (Å²) >= 11 is 0. The third-order valence-corrected chi connectivity index (χ3v) is 4.45. The van der Waals surface area contributed by atoms with Gasteiger partial charge in [0, 0.05) is 43.6 Å². The predicted octanol–water partition coefficient (Wildman–Crippen LogP) is 2.50. The first-order chi connectivity index (χ1) is 12.4. The van der Waals surface area contributed by atoms with Gasteiger partial charge in [0.05, 0.1) is 6.54 Å². The maximum atomic E-state index is 5.34. The maximum absolute atomic E-state index is 5.34. The summed E-state index contributed by atoms with van der Waals surface area (Å²) in [6.45, 7) is 3.75. The topological polar surface area (TPSA) is 67.1 Å². The van der Waals surface area contributed by atoms with E-state index in [0.717, 1.165) is 31.6 Å². The van der Waals surface area contributed by atoms with Crippen LogP contribution in [0.3, 0.4) is 0 Å². The Hall–Kier alpha value is -2.57. The molecule has 3 aromatic rings. The Balaban J connectivity index is 1.27. The molecule has 0 radical (unpaired) electrons. The number of rotatable bonds is 6. The van der Waals surface area contributed by atoms with Gasteiger partial charge in [0.2, 0.25) is 11.7 Å². The highest BCUT2D eigenvalue weighted by molar-refractivity contribution is 5.51. The van der Waals surface area contributed by atoms with Gasteiger partial charge in [-0.1, -0.05) is 35.5 Å². The molecule has 0 amide bonds. The van der Waals surface area contributed by atoms with Gasteiger partial charge >= 0.3 is 0 Å². The standard InChI is InChI=1S/C19H21N5O/c1-2-5-15(6-3-1)13-24-10-8-17(14-24)21-12-18-22-19(23-25-18)16-7-4-9-20-11-16/h1-7,9,11,17,21H,8,10,12-14H2/t17-/m1/s1. The third-order valence-electron chi connectivity index (χ3n) is 4.45. The quantitative estimate of drug-likeness (QED) is 0.746. The summed E-state index contributed by atoms with van der Waals surface area (Å²) in [6, 6.07) is 14.8. The minimum atomic E-state index is 0.456. The van der Waals surface area contributed by atoms with Crippen LogP contribution in [0, 0.1) is 0 Å². The highest BCUT2D eigenvalue weighted by Gasteiger charge is 2.22. The van der Waals surface area contributed by atoms with Crippen LogP contribution < -0.4 is 5.32 Å². The van der Waals surface area contributed by atoms with Crippen molar-refractivity contribution in [1.29, 1.82) is 0 Å². The lowest BCUT2D eigenvalue weighted by atomic mass is 10.2. The minimum absolute atomic E-state index is 0.456. The summed E-state index contributed by atoms with van der Waals surface area (Å²) in [4.78, 5) is 11.0. The molecule has 0 unspecified atom stereocenters. The molecule has 128 valence electrons. The first-order valence-electron chi connectivity index (χ1n) is 8.59. The van der Waals surface area contributed by atoms with E-state index in [1.165, 1.54) is 5.56 Å². The third kappa shape index (κ3) is 4.10. The molecule has 1 aromatic carbocycles. The number of hydrogen-bond donors (Lipinski definition) is 1. The molecular formula is C19H21N5O. The van der Waals surface area contributed by atoms with Crippen molar-refractivity contribution in [1.82, 2.24) is 25.3 Å². The van der Waals surface area contributed by atoms with E-state index in [0.29, 0.717) is 24.3 Å². The lowest BCUT2D eigenvalue weighted by Crippen LogP contribution is -2.32. The summed E-state index contributed by atoms with van der Waals surface area (Å²) in [5.74, 6) is 1.20. The molecule has 0 aliphatic carbocycles. The van der Waals surface area contributed by atoms with Crippen LogP contribution >= 0.6 is 0 Å². The molecule has 1 N–H and O–H groups in total. The van der Waals surface area contributed by atoms with Gasteiger partial charge in [-0.2, -0.15) is 4.98 Å². The van der Waals surface area contributed by atoms with Crippen LogP contribution in [0.5, 0.6) is 0 Å². The van der Waals surface area contributed by atoms with Crippen molar-refractivity contribution < 1.29 is 4.52 Å². The predicted molar refractivity (Wildman–Crippen MR) is 94.5 cm³/mol. The van der Waals surface area contributed by atoms with Crippen LogP contribution in [0.25, 0.3) is 11.4 Å². The van der Waals surface area contributed by atoms with Gasteiger partial charge in [0.25, 0.3) is 0 Å². The molecule has 6 nitrogen and oxygen atoms in total. The SMILES string of the molecule is c1ccc(CN2CC[C@@H](NCc3nc(-c4cccnc4)no3)C2)cc1. The van der Waals surface area contributed by atoms with Gasteiger partial charge in [-0.15, -0.1) is 0 Å². The Labute approximate surface area is 146 Å². The molecule has 0 saturated carbocycles. The van der Waals surface area contributed by atoms with Gasteiger partial charge < -0.3 is 9.84 Å². The monoisotopic (exact) mass is 335 g/mol. The Morgan fingerprint density at radius 3 is 2.92 bits per heavy atom. The van der Waals surface area contributed by atoms with Crippen molar-refractivity contribution in [3.05, 3.63) is 66.3 Å². The van der Waals surface area contributed by atoms with Gasteiger partial charge in [0.15, 0.2) is 0 Å². The Kier molecular flexibility index (Phi) is 4.81. The van der Waals surface area contributed by atoms with E-state index in [-0.39, 0.29) is 0 Å². The van der Waals surface area contributed by atoms with Crippen molar-refractivity contribution >= 4 is 0 Å². The van der Waals surface area contributed by atoms with Gasteiger partial charge in [-0.05, 0) is 24.1 Å². The van der Waals surface area contributed by atoms with Crippen LogP contribution in [-0.4, -0.2) is 39.2 Å². The summed E-state index contributed by atoms with van der Waals surface area (Å²) in [6.07, 6.45) is 4.60.